The lowest BCUT2D eigenvalue weighted by Gasteiger charge is -2.57. The molecule has 4 rings (SSSR count). The predicted molar refractivity (Wildman–Crippen MR) is 119 cm³/mol. The van der Waals surface area contributed by atoms with Gasteiger partial charge in [0, 0.05) is 17.5 Å². The van der Waals surface area contributed by atoms with Gasteiger partial charge in [-0.3, -0.25) is 4.79 Å². The first-order valence-corrected chi connectivity index (χ1v) is 11.9. The first-order valence-electron chi connectivity index (χ1n) is 11.9. The molecule has 0 spiro atoms. The van der Waals surface area contributed by atoms with Gasteiger partial charge in [-0.1, -0.05) is 19.4 Å². The van der Waals surface area contributed by atoms with Gasteiger partial charge in [0.2, 0.25) is 5.91 Å². The van der Waals surface area contributed by atoms with Crippen molar-refractivity contribution >= 4 is 11.9 Å². The fourth-order valence-corrected chi connectivity index (χ4v) is 7.50. The lowest BCUT2D eigenvalue weighted by molar-refractivity contribution is -0.136. The number of methoxy groups -OCH3 is 1. The van der Waals surface area contributed by atoms with Crippen LogP contribution < -0.4 is 5.32 Å². The number of carbonyl (C=O) groups excluding carboxylic acids is 2. The summed E-state index contributed by atoms with van der Waals surface area (Å²) in [4.78, 5) is 24.9. The van der Waals surface area contributed by atoms with E-state index in [2.05, 4.69) is 45.2 Å². The van der Waals surface area contributed by atoms with Crippen LogP contribution in [-0.2, 0) is 14.3 Å². The zero-order valence-corrected chi connectivity index (χ0v) is 19.5. The number of allylic oxidation sites excluding steroid dienone is 3. The molecule has 4 nitrogen and oxygen atoms in total. The van der Waals surface area contributed by atoms with Crippen molar-refractivity contribution in [3.05, 3.63) is 23.3 Å². The molecule has 0 aromatic carbocycles. The molecule has 0 saturated heterocycles. The quantitative estimate of drug-likeness (QED) is 0.636. The van der Waals surface area contributed by atoms with Crippen LogP contribution in [0, 0.1) is 28.6 Å². The van der Waals surface area contributed by atoms with Crippen LogP contribution in [-0.4, -0.2) is 24.5 Å². The van der Waals surface area contributed by atoms with E-state index in [4.69, 9.17) is 4.74 Å². The van der Waals surface area contributed by atoms with E-state index in [1.54, 1.807) is 0 Å². The molecule has 0 aromatic heterocycles. The average Bonchev–Trinajstić information content (AvgIpc) is 3.08. The van der Waals surface area contributed by atoms with Crippen LogP contribution >= 0.6 is 0 Å². The second-order valence-electron chi connectivity index (χ2n) is 11.6. The smallest absolute Gasteiger partial charge is 0.333 e. The van der Waals surface area contributed by atoms with Gasteiger partial charge in [-0.15, -0.1) is 0 Å². The number of amides is 1. The molecule has 1 N–H and O–H groups in total. The summed E-state index contributed by atoms with van der Waals surface area (Å²) < 4.78 is 4.98. The molecular formula is C26H39NO3. The lowest BCUT2D eigenvalue weighted by atomic mass is 9.48. The summed E-state index contributed by atoms with van der Waals surface area (Å²) in [7, 11) is 1.47. The SMILES string of the molecule is COC(=O)C1=CC2=CC[C@H]3[C@@H]4CCC[C@@]4(CC(=O)NC(C)(C)C)CC[C@@H]3[C@@]2(C)CC1. The van der Waals surface area contributed by atoms with Gasteiger partial charge < -0.3 is 10.1 Å². The Morgan fingerprint density at radius 2 is 1.93 bits per heavy atom. The number of rotatable bonds is 3. The van der Waals surface area contributed by atoms with E-state index in [1.807, 2.05) is 0 Å². The molecule has 0 aromatic rings. The van der Waals surface area contributed by atoms with Gasteiger partial charge in [0.05, 0.1) is 7.11 Å². The van der Waals surface area contributed by atoms with Gasteiger partial charge in [0.25, 0.3) is 0 Å². The summed E-state index contributed by atoms with van der Waals surface area (Å²) in [5.74, 6) is 2.04. The number of carbonyl (C=O) groups is 2. The van der Waals surface area contributed by atoms with Gasteiger partial charge in [0.15, 0.2) is 0 Å². The fourth-order valence-electron chi connectivity index (χ4n) is 7.50. The van der Waals surface area contributed by atoms with E-state index in [0.717, 1.165) is 24.8 Å². The molecule has 2 saturated carbocycles. The van der Waals surface area contributed by atoms with Crippen LogP contribution in [0.2, 0.25) is 0 Å². The van der Waals surface area contributed by atoms with Crippen LogP contribution in [0.4, 0.5) is 0 Å². The monoisotopic (exact) mass is 413 g/mol. The Labute approximate surface area is 181 Å². The maximum Gasteiger partial charge on any atom is 0.333 e. The Bertz CT molecular complexity index is 789. The summed E-state index contributed by atoms with van der Waals surface area (Å²) in [6, 6.07) is 0. The molecule has 0 unspecified atom stereocenters. The summed E-state index contributed by atoms with van der Waals surface area (Å²) >= 11 is 0. The summed E-state index contributed by atoms with van der Waals surface area (Å²) in [5, 5.41) is 3.22. The van der Waals surface area contributed by atoms with Crippen LogP contribution in [0.15, 0.2) is 23.3 Å². The molecule has 4 aliphatic carbocycles. The Hall–Kier alpha value is -1.58. The van der Waals surface area contributed by atoms with Gasteiger partial charge >= 0.3 is 5.97 Å². The summed E-state index contributed by atoms with van der Waals surface area (Å²) in [6.45, 7) is 8.63. The minimum absolute atomic E-state index is 0.156. The summed E-state index contributed by atoms with van der Waals surface area (Å²) in [5.41, 5.74) is 2.36. The van der Waals surface area contributed by atoms with E-state index in [-0.39, 0.29) is 28.2 Å². The maximum atomic E-state index is 12.9. The second kappa shape index (κ2) is 7.53. The molecule has 0 radical (unpaired) electrons. The van der Waals surface area contributed by atoms with Crippen molar-refractivity contribution in [2.24, 2.45) is 28.6 Å². The van der Waals surface area contributed by atoms with Crippen molar-refractivity contribution in [2.75, 3.05) is 7.11 Å². The van der Waals surface area contributed by atoms with Gasteiger partial charge in [-0.25, -0.2) is 4.79 Å². The van der Waals surface area contributed by atoms with Gasteiger partial charge in [-0.2, -0.15) is 0 Å². The first-order chi connectivity index (χ1) is 14.1. The molecule has 0 bridgehead atoms. The van der Waals surface area contributed by atoms with Crippen LogP contribution in [0.3, 0.4) is 0 Å². The van der Waals surface area contributed by atoms with Crippen molar-refractivity contribution in [3.8, 4) is 0 Å². The first kappa shape index (κ1) is 21.6. The number of hydrogen-bond donors (Lipinski definition) is 1. The molecule has 30 heavy (non-hydrogen) atoms. The van der Waals surface area contributed by atoms with Gasteiger partial charge in [-0.05, 0) is 106 Å². The maximum absolute atomic E-state index is 12.9. The second-order valence-corrected chi connectivity index (χ2v) is 11.6. The van der Waals surface area contributed by atoms with Crippen molar-refractivity contribution in [1.82, 2.24) is 5.32 Å². The van der Waals surface area contributed by atoms with Crippen molar-refractivity contribution < 1.29 is 14.3 Å². The highest BCUT2D eigenvalue weighted by Crippen LogP contribution is 2.65. The van der Waals surface area contributed by atoms with E-state index in [1.165, 1.54) is 44.8 Å². The Morgan fingerprint density at radius 3 is 2.63 bits per heavy atom. The molecule has 166 valence electrons. The minimum Gasteiger partial charge on any atom is -0.466 e. The highest BCUT2D eigenvalue weighted by Gasteiger charge is 2.57. The van der Waals surface area contributed by atoms with E-state index >= 15 is 0 Å². The van der Waals surface area contributed by atoms with Crippen LogP contribution in [0.25, 0.3) is 0 Å². The number of esters is 1. The molecule has 2 fully saturated rings. The lowest BCUT2D eigenvalue weighted by Crippen LogP contribution is -2.51. The van der Waals surface area contributed by atoms with Crippen molar-refractivity contribution in [1.29, 1.82) is 0 Å². The summed E-state index contributed by atoms with van der Waals surface area (Å²) in [6.07, 6.45) is 14.3. The van der Waals surface area contributed by atoms with E-state index in [0.29, 0.717) is 24.2 Å². The third-order valence-electron chi connectivity index (χ3n) is 8.77. The minimum atomic E-state index is -0.177. The van der Waals surface area contributed by atoms with E-state index < -0.39 is 0 Å². The Morgan fingerprint density at radius 1 is 1.17 bits per heavy atom. The van der Waals surface area contributed by atoms with Crippen LogP contribution in [0.1, 0.15) is 85.5 Å². The number of ether oxygens (including phenoxy) is 1. The number of hydrogen-bond acceptors (Lipinski definition) is 3. The third-order valence-corrected chi connectivity index (χ3v) is 8.77. The standard InChI is InChI=1S/C26H39NO3/c1-24(2,3)27-22(28)16-26-12-6-7-21(26)19-9-8-18-15-17(23(29)30-5)10-13-25(18,4)20(19)11-14-26/h8,15,19-21H,6-7,9-14,16H2,1-5H3,(H,27,28)/t19-,20+,21+,25+,26+/m1/s1. The highest BCUT2D eigenvalue weighted by atomic mass is 16.5. The van der Waals surface area contributed by atoms with Crippen LogP contribution in [0.5, 0.6) is 0 Å². The Balaban J connectivity index is 1.58. The van der Waals surface area contributed by atoms with Crippen molar-refractivity contribution in [2.45, 2.75) is 91.0 Å². The average molecular weight is 414 g/mol. The third kappa shape index (κ3) is 3.65. The molecule has 0 aliphatic heterocycles. The van der Waals surface area contributed by atoms with E-state index in [9.17, 15) is 9.59 Å². The molecule has 0 heterocycles. The molecule has 5 atom stereocenters. The zero-order valence-electron chi connectivity index (χ0n) is 19.5. The predicted octanol–water partition coefficient (Wildman–Crippen LogP) is 5.33. The topological polar surface area (TPSA) is 55.4 Å². The normalized spacial score (nSPS) is 37.8. The molecule has 1 amide bonds. The highest BCUT2D eigenvalue weighted by molar-refractivity contribution is 5.89. The molecular weight excluding hydrogens is 374 g/mol. The van der Waals surface area contributed by atoms with Crippen molar-refractivity contribution in [3.63, 3.8) is 0 Å². The fraction of sp³-hybridized carbons (Fsp3) is 0.769. The number of nitrogens with one attached hydrogen (secondary N) is 1. The largest absolute Gasteiger partial charge is 0.466 e. The molecule has 4 heteroatoms. The zero-order chi connectivity index (χ0) is 21.7. The van der Waals surface area contributed by atoms with Gasteiger partial charge in [0.1, 0.15) is 0 Å². The number of fused-ring (bicyclic) bond motifs is 5. The molecule has 4 aliphatic rings. The Kier molecular flexibility index (Phi) is 5.43.